The van der Waals surface area contributed by atoms with E-state index < -0.39 is 0 Å². The van der Waals surface area contributed by atoms with Gasteiger partial charge in [-0.2, -0.15) is 5.10 Å². The molecule has 0 aliphatic carbocycles. The fraction of sp³-hybridized carbons (Fsp3) is 0.0769. The van der Waals surface area contributed by atoms with Crippen LogP contribution >= 0.6 is 11.6 Å². The minimum absolute atomic E-state index is 0.201. The first-order chi connectivity index (χ1) is 9.65. The van der Waals surface area contributed by atoms with E-state index in [1.165, 1.54) is 0 Å². The molecule has 3 heterocycles. The molecule has 0 aliphatic heterocycles. The number of rotatable bonds is 2. The Morgan fingerprint density at radius 2 is 2.20 bits per heavy atom. The van der Waals surface area contributed by atoms with Gasteiger partial charge in [0.1, 0.15) is 5.82 Å². The highest BCUT2D eigenvalue weighted by Crippen LogP contribution is 2.16. The molecule has 100 valence electrons. The molecule has 0 amide bonds. The van der Waals surface area contributed by atoms with E-state index in [-0.39, 0.29) is 5.56 Å². The van der Waals surface area contributed by atoms with Gasteiger partial charge in [-0.25, -0.2) is 4.98 Å². The molecule has 0 saturated heterocycles. The molecule has 0 spiro atoms. The van der Waals surface area contributed by atoms with Crippen LogP contribution in [0.2, 0.25) is 5.02 Å². The molecule has 0 saturated carbocycles. The Labute approximate surface area is 118 Å². The molecule has 0 aliphatic rings. The maximum Gasteiger partial charge on any atom is 0.259 e. The van der Waals surface area contributed by atoms with Crippen LogP contribution in [0.4, 0.5) is 0 Å². The monoisotopic (exact) mass is 287 g/mol. The molecule has 0 unspecified atom stereocenters. The minimum atomic E-state index is -0.201. The maximum atomic E-state index is 11.9. The molecule has 0 atom stereocenters. The highest BCUT2D eigenvalue weighted by Gasteiger charge is 2.04. The van der Waals surface area contributed by atoms with Gasteiger partial charge in [0.15, 0.2) is 0 Å². The summed E-state index contributed by atoms with van der Waals surface area (Å²) in [5.41, 5.74) is 1.08. The van der Waals surface area contributed by atoms with Crippen LogP contribution in [0.25, 0.3) is 23.1 Å². The molecule has 6 nitrogen and oxygen atoms in total. The molecule has 3 aromatic heterocycles. The van der Waals surface area contributed by atoms with Crippen molar-refractivity contribution in [2.45, 2.75) is 0 Å². The molecule has 0 bridgehead atoms. The van der Waals surface area contributed by atoms with Crippen molar-refractivity contribution in [1.29, 1.82) is 0 Å². The van der Waals surface area contributed by atoms with E-state index in [1.54, 1.807) is 48.5 Å². The Balaban J connectivity index is 2.06. The van der Waals surface area contributed by atoms with Gasteiger partial charge in [-0.1, -0.05) is 11.6 Å². The van der Waals surface area contributed by atoms with E-state index in [1.807, 2.05) is 0 Å². The first kappa shape index (κ1) is 12.6. The van der Waals surface area contributed by atoms with E-state index in [9.17, 15) is 4.79 Å². The number of nitrogens with one attached hydrogen (secondary N) is 1. The lowest BCUT2D eigenvalue weighted by molar-refractivity contribution is 0.760. The zero-order valence-electron chi connectivity index (χ0n) is 10.5. The summed E-state index contributed by atoms with van der Waals surface area (Å²) in [4.78, 5) is 22.9. The standard InChI is InChI=1S/C13H10ClN5O/c1-19-11(9(14)6-16-19)2-3-12-17-10-7-15-5-4-8(10)13(20)18-12/h2-7H,1H3,(H,17,18,20)/b3-2+. The zero-order valence-corrected chi connectivity index (χ0v) is 11.3. The quantitative estimate of drug-likeness (QED) is 0.781. The molecule has 7 heteroatoms. The molecular formula is C13H10ClN5O. The van der Waals surface area contributed by atoms with Crippen molar-refractivity contribution in [2.75, 3.05) is 0 Å². The summed E-state index contributed by atoms with van der Waals surface area (Å²) < 4.78 is 1.64. The SMILES string of the molecule is Cn1ncc(Cl)c1/C=C/c1nc2cnccc2c(=O)[nH]1. The van der Waals surface area contributed by atoms with E-state index in [0.29, 0.717) is 21.7 Å². The number of fused-ring (bicyclic) bond motifs is 1. The summed E-state index contributed by atoms with van der Waals surface area (Å²) in [7, 11) is 1.78. The average molecular weight is 288 g/mol. The van der Waals surface area contributed by atoms with E-state index in [4.69, 9.17) is 11.6 Å². The molecule has 0 fully saturated rings. The molecule has 0 aromatic carbocycles. The molecule has 1 N–H and O–H groups in total. The Hall–Kier alpha value is -2.47. The Bertz CT molecular complexity index is 845. The van der Waals surface area contributed by atoms with Gasteiger partial charge in [0.25, 0.3) is 5.56 Å². The maximum absolute atomic E-state index is 11.9. The Kier molecular flexibility index (Phi) is 3.08. The van der Waals surface area contributed by atoms with Crippen LogP contribution in [-0.2, 0) is 7.05 Å². The van der Waals surface area contributed by atoms with Crippen LogP contribution < -0.4 is 5.56 Å². The number of pyridine rings is 1. The van der Waals surface area contributed by atoms with Crippen molar-refractivity contribution in [3.8, 4) is 0 Å². The van der Waals surface area contributed by atoms with E-state index in [2.05, 4.69) is 20.1 Å². The summed E-state index contributed by atoms with van der Waals surface area (Å²) in [5.74, 6) is 0.438. The Morgan fingerprint density at radius 3 is 2.95 bits per heavy atom. The first-order valence-corrected chi connectivity index (χ1v) is 6.22. The predicted molar refractivity (Wildman–Crippen MR) is 77.3 cm³/mol. The highest BCUT2D eigenvalue weighted by molar-refractivity contribution is 6.31. The van der Waals surface area contributed by atoms with Crippen molar-refractivity contribution in [2.24, 2.45) is 7.05 Å². The van der Waals surface area contributed by atoms with Crippen LogP contribution in [-0.4, -0.2) is 24.7 Å². The normalized spacial score (nSPS) is 11.5. The summed E-state index contributed by atoms with van der Waals surface area (Å²) in [6, 6.07) is 1.63. The fourth-order valence-corrected chi connectivity index (χ4v) is 2.08. The lowest BCUT2D eigenvalue weighted by Crippen LogP contribution is -2.09. The number of aromatic amines is 1. The summed E-state index contributed by atoms with van der Waals surface area (Å²) in [5, 5.41) is 5.07. The van der Waals surface area contributed by atoms with Gasteiger partial charge in [-0.3, -0.25) is 14.5 Å². The third kappa shape index (κ3) is 2.21. The number of aryl methyl sites for hydroxylation is 1. The number of aromatic nitrogens is 5. The van der Waals surface area contributed by atoms with Crippen molar-refractivity contribution >= 4 is 34.7 Å². The smallest absolute Gasteiger partial charge is 0.259 e. The second-order valence-electron chi connectivity index (χ2n) is 4.18. The van der Waals surface area contributed by atoms with E-state index in [0.717, 1.165) is 5.69 Å². The highest BCUT2D eigenvalue weighted by atomic mass is 35.5. The predicted octanol–water partition coefficient (Wildman–Crippen LogP) is 1.88. The number of nitrogens with zero attached hydrogens (tertiary/aromatic N) is 4. The molecule has 0 radical (unpaired) electrons. The number of halogens is 1. The van der Waals surface area contributed by atoms with Crippen LogP contribution in [0, 0.1) is 0 Å². The van der Waals surface area contributed by atoms with Crippen molar-refractivity contribution in [1.82, 2.24) is 24.7 Å². The second-order valence-corrected chi connectivity index (χ2v) is 4.59. The summed E-state index contributed by atoms with van der Waals surface area (Å²) in [6.45, 7) is 0. The second kappa shape index (κ2) is 4.90. The van der Waals surface area contributed by atoms with Crippen LogP contribution in [0.1, 0.15) is 11.5 Å². The largest absolute Gasteiger partial charge is 0.306 e. The average Bonchev–Trinajstić information content (AvgIpc) is 2.76. The fourth-order valence-electron chi connectivity index (χ4n) is 1.85. The van der Waals surface area contributed by atoms with Crippen molar-refractivity contribution in [3.05, 3.63) is 51.6 Å². The molecular weight excluding hydrogens is 278 g/mol. The summed E-state index contributed by atoms with van der Waals surface area (Å²) in [6.07, 6.45) is 8.09. The van der Waals surface area contributed by atoms with Gasteiger partial charge in [0, 0.05) is 13.2 Å². The number of hydrogen-bond donors (Lipinski definition) is 1. The lowest BCUT2D eigenvalue weighted by Gasteiger charge is -1.98. The molecule has 3 rings (SSSR count). The lowest BCUT2D eigenvalue weighted by atomic mass is 10.3. The third-order valence-corrected chi connectivity index (χ3v) is 3.16. The van der Waals surface area contributed by atoms with Gasteiger partial charge in [-0.05, 0) is 18.2 Å². The van der Waals surface area contributed by atoms with Crippen LogP contribution in [0.15, 0.2) is 29.5 Å². The van der Waals surface area contributed by atoms with Crippen molar-refractivity contribution in [3.63, 3.8) is 0 Å². The minimum Gasteiger partial charge on any atom is -0.306 e. The number of hydrogen-bond acceptors (Lipinski definition) is 4. The Morgan fingerprint density at radius 1 is 1.35 bits per heavy atom. The summed E-state index contributed by atoms with van der Waals surface area (Å²) >= 11 is 6.00. The molecule has 3 aromatic rings. The van der Waals surface area contributed by atoms with Crippen LogP contribution in [0.5, 0.6) is 0 Å². The van der Waals surface area contributed by atoms with Gasteiger partial charge in [0.05, 0.1) is 34.0 Å². The van der Waals surface area contributed by atoms with Crippen molar-refractivity contribution < 1.29 is 0 Å². The zero-order chi connectivity index (χ0) is 14.1. The van der Waals surface area contributed by atoms with Gasteiger partial charge < -0.3 is 4.98 Å². The number of H-pyrrole nitrogens is 1. The first-order valence-electron chi connectivity index (χ1n) is 5.85. The third-order valence-electron chi connectivity index (χ3n) is 2.86. The topological polar surface area (TPSA) is 76.5 Å². The van der Waals surface area contributed by atoms with Gasteiger partial charge in [-0.15, -0.1) is 0 Å². The van der Waals surface area contributed by atoms with Gasteiger partial charge >= 0.3 is 0 Å². The van der Waals surface area contributed by atoms with Crippen LogP contribution in [0.3, 0.4) is 0 Å². The molecule has 20 heavy (non-hydrogen) atoms. The van der Waals surface area contributed by atoms with E-state index >= 15 is 0 Å². The van der Waals surface area contributed by atoms with Gasteiger partial charge in [0.2, 0.25) is 0 Å².